The Morgan fingerprint density at radius 3 is 2.97 bits per heavy atom. The molecule has 2 N–H and O–H groups in total. The van der Waals surface area contributed by atoms with Gasteiger partial charge < -0.3 is 15.4 Å². The van der Waals surface area contributed by atoms with E-state index >= 15 is 0 Å². The lowest BCUT2D eigenvalue weighted by atomic mass is 9.88. The van der Waals surface area contributed by atoms with Gasteiger partial charge in [-0.1, -0.05) is 11.6 Å². The number of hydrogen-bond acceptors (Lipinski definition) is 7. The van der Waals surface area contributed by atoms with Gasteiger partial charge in [0.25, 0.3) is 0 Å². The Hall–Kier alpha value is -2.09. The van der Waals surface area contributed by atoms with Crippen LogP contribution in [0.5, 0.6) is 0 Å². The van der Waals surface area contributed by atoms with Crippen LogP contribution in [0.15, 0.2) is 24.7 Å². The summed E-state index contributed by atoms with van der Waals surface area (Å²) in [4.78, 5) is 25.9. The fourth-order valence-electron chi connectivity index (χ4n) is 4.40. The van der Waals surface area contributed by atoms with Crippen LogP contribution in [-0.2, 0) is 16.0 Å². The number of anilines is 1. The SMILES string of the molecule is CC1(C)C[C@H](CNc2cncc(-c3cc(CC(=O)[C@@H]4CCCN4)ncc3Cl)n2)CCO1. The molecule has 2 aliphatic rings. The Labute approximate surface area is 188 Å². The van der Waals surface area contributed by atoms with Crippen molar-refractivity contribution in [3.63, 3.8) is 0 Å². The van der Waals surface area contributed by atoms with Gasteiger partial charge in [-0.3, -0.25) is 14.8 Å². The van der Waals surface area contributed by atoms with Crippen LogP contribution in [0.1, 0.15) is 45.2 Å². The number of ether oxygens (including phenoxy) is 1. The molecule has 0 aliphatic carbocycles. The molecule has 2 aliphatic heterocycles. The maximum absolute atomic E-state index is 12.5. The van der Waals surface area contributed by atoms with Crippen LogP contribution >= 0.6 is 11.6 Å². The molecule has 0 aromatic carbocycles. The number of hydrogen-bond donors (Lipinski definition) is 2. The number of carbonyl (C=O) groups excluding carboxylic acids is 1. The van der Waals surface area contributed by atoms with Gasteiger partial charge >= 0.3 is 0 Å². The van der Waals surface area contributed by atoms with E-state index in [-0.39, 0.29) is 23.8 Å². The Kier molecular flexibility index (Phi) is 6.84. The maximum Gasteiger partial charge on any atom is 0.155 e. The van der Waals surface area contributed by atoms with Crippen molar-refractivity contribution in [2.24, 2.45) is 5.92 Å². The van der Waals surface area contributed by atoms with Crippen molar-refractivity contribution in [2.45, 2.75) is 57.6 Å². The average Bonchev–Trinajstić information content (AvgIpc) is 3.28. The van der Waals surface area contributed by atoms with Gasteiger partial charge in [0.15, 0.2) is 5.78 Å². The fraction of sp³-hybridized carbons (Fsp3) is 0.565. The molecule has 8 heteroatoms. The van der Waals surface area contributed by atoms with Gasteiger partial charge in [-0.25, -0.2) is 4.98 Å². The van der Waals surface area contributed by atoms with Crippen molar-refractivity contribution in [1.29, 1.82) is 0 Å². The van der Waals surface area contributed by atoms with Gasteiger partial charge in [0.05, 0.1) is 41.2 Å². The normalized spacial score (nSPS) is 22.9. The third-order valence-corrected chi connectivity index (χ3v) is 6.30. The van der Waals surface area contributed by atoms with E-state index in [2.05, 4.69) is 34.4 Å². The zero-order valence-electron chi connectivity index (χ0n) is 18.2. The topological polar surface area (TPSA) is 89.0 Å². The van der Waals surface area contributed by atoms with E-state index in [0.29, 0.717) is 28.1 Å². The van der Waals surface area contributed by atoms with E-state index < -0.39 is 0 Å². The van der Waals surface area contributed by atoms with Crippen molar-refractivity contribution in [2.75, 3.05) is 25.0 Å². The van der Waals surface area contributed by atoms with Crippen LogP contribution in [0.25, 0.3) is 11.3 Å². The number of nitrogens with zero attached hydrogens (tertiary/aromatic N) is 3. The number of aromatic nitrogens is 3. The number of rotatable bonds is 7. The highest BCUT2D eigenvalue weighted by Crippen LogP contribution is 2.30. The number of nitrogens with one attached hydrogen (secondary N) is 2. The van der Waals surface area contributed by atoms with Crippen molar-refractivity contribution < 1.29 is 9.53 Å². The Morgan fingerprint density at radius 1 is 1.32 bits per heavy atom. The van der Waals surface area contributed by atoms with E-state index in [1.807, 2.05) is 6.07 Å². The molecule has 2 aromatic heterocycles. The highest BCUT2D eigenvalue weighted by atomic mass is 35.5. The summed E-state index contributed by atoms with van der Waals surface area (Å²) in [6.45, 7) is 6.78. The molecule has 4 heterocycles. The molecule has 0 unspecified atom stereocenters. The second kappa shape index (κ2) is 9.59. The van der Waals surface area contributed by atoms with Gasteiger partial charge in [0.1, 0.15) is 5.82 Å². The summed E-state index contributed by atoms with van der Waals surface area (Å²) < 4.78 is 5.80. The van der Waals surface area contributed by atoms with Crippen LogP contribution in [0.4, 0.5) is 5.82 Å². The molecule has 0 amide bonds. The van der Waals surface area contributed by atoms with Gasteiger partial charge in [-0.2, -0.15) is 0 Å². The first-order valence-electron chi connectivity index (χ1n) is 11.0. The smallest absolute Gasteiger partial charge is 0.155 e. The number of halogens is 1. The van der Waals surface area contributed by atoms with Gasteiger partial charge in [0, 0.05) is 30.6 Å². The lowest BCUT2D eigenvalue weighted by molar-refractivity contribution is -0.120. The van der Waals surface area contributed by atoms with E-state index in [4.69, 9.17) is 21.3 Å². The molecular formula is C23H30ClN5O2. The largest absolute Gasteiger partial charge is 0.376 e. The lowest BCUT2D eigenvalue weighted by Gasteiger charge is -2.35. The molecule has 4 rings (SSSR count). The minimum absolute atomic E-state index is 0.0663. The third kappa shape index (κ3) is 5.79. The van der Waals surface area contributed by atoms with E-state index in [1.165, 1.54) is 0 Å². The fourth-order valence-corrected chi connectivity index (χ4v) is 4.60. The Morgan fingerprint density at radius 2 is 2.19 bits per heavy atom. The van der Waals surface area contributed by atoms with Crippen molar-refractivity contribution >= 4 is 23.2 Å². The second-order valence-corrected chi connectivity index (χ2v) is 9.49. The molecule has 7 nitrogen and oxygen atoms in total. The predicted molar refractivity (Wildman–Crippen MR) is 121 cm³/mol. The summed E-state index contributed by atoms with van der Waals surface area (Å²) in [6.07, 6.45) is 9.26. The molecule has 2 atom stereocenters. The molecule has 0 spiro atoms. The van der Waals surface area contributed by atoms with Gasteiger partial charge in [0.2, 0.25) is 0 Å². The molecule has 166 valence electrons. The molecule has 0 bridgehead atoms. The van der Waals surface area contributed by atoms with Gasteiger partial charge in [-0.15, -0.1) is 0 Å². The van der Waals surface area contributed by atoms with Crippen LogP contribution < -0.4 is 10.6 Å². The average molecular weight is 444 g/mol. The summed E-state index contributed by atoms with van der Waals surface area (Å²) >= 11 is 6.42. The molecular weight excluding hydrogens is 414 g/mol. The van der Waals surface area contributed by atoms with Crippen LogP contribution in [0.3, 0.4) is 0 Å². The quantitative estimate of drug-likeness (QED) is 0.674. The van der Waals surface area contributed by atoms with E-state index in [9.17, 15) is 4.79 Å². The Bertz CT molecular complexity index is 930. The number of carbonyl (C=O) groups is 1. The first-order chi connectivity index (χ1) is 14.9. The minimum atomic E-state index is -0.0788. The maximum atomic E-state index is 12.5. The number of Topliss-reactive ketones (excluding diaryl/α,β-unsaturated/α-hetero) is 1. The highest BCUT2D eigenvalue weighted by molar-refractivity contribution is 6.33. The predicted octanol–water partition coefficient (Wildman–Crippen LogP) is 3.67. The first kappa shape index (κ1) is 22.1. The van der Waals surface area contributed by atoms with Crippen molar-refractivity contribution in [3.8, 4) is 11.3 Å². The van der Waals surface area contributed by atoms with Crippen LogP contribution in [0, 0.1) is 5.92 Å². The van der Waals surface area contributed by atoms with Crippen molar-refractivity contribution in [3.05, 3.63) is 35.4 Å². The standard InChI is InChI=1S/C23H30ClN5O2/c1-23(2)10-15(5-7-31-23)11-28-22-14-25-13-20(29-22)17-8-16(27-12-18(17)24)9-21(30)19-4-3-6-26-19/h8,12-15,19,26H,3-7,9-11H2,1-2H3,(H,28,29)/t15-,19+/m1/s1. The second-order valence-electron chi connectivity index (χ2n) is 9.08. The van der Waals surface area contributed by atoms with Crippen LogP contribution in [-0.4, -0.2) is 52.1 Å². The third-order valence-electron chi connectivity index (χ3n) is 6.00. The Balaban J connectivity index is 1.44. The summed E-state index contributed by atoms with van der Waals surface area (Å²) in [5.74, 6) is 1.40. The zero-order chi connectivity index (χ0) is 21.8. The molecule has 31 heavy (non-hydrogen) atoms. The molecule has 0 radical (unpaired) electrons. The van der Waals surface area contributed by atoms with Crippen molar-refractivity contribution in [1.82, 2.24) is 20.3 Å². The van der Waals surface area contributed by atoms with E-state index in [1.54, 1.807) is 18.6 Å². The van der Waals surface area contributed by atoms with E-state index in [0.717, 1.165) is 50.9 Å². The molecule has 2 aromatic rings. The zero-order valence-corrected chi connectivity index (χ0v) is 18.9. The first-order valence-corrected chi connectivity index (χ1v) is 11.4. The summed E-state index contributed by atoms with van der Waals surface area (Å²) in [5.41, 5.74) is 2.02. The van der Waals surface area contributed by atoms with Gasteiger partial charge in [-0.05, 0) is 58.1 Å². The molecule has 0 saturated carbocycles. The highest BCUT2D eigenvalue weighted by Gasteiger charge is 2.28. The monoisotopic (exact) mass is 443 g/mol. The number of pyridine rings is 1. The summed E-state index contributed by atoms with van der Waals surface area (Å²) in [5, 5.41) is 7.15. The van der Waals surface area contributed by atoms with Crippen LogP contribution in [0.2, 0.25) is 5.02 Å². The summed E-state index contributed by atoms with van der Waals surface area (Å²) in [6, 6.07) is 1.78. The molecule has 2 fully saturated rings. The number of ketones is 1. The molecule has 2 saturated heterocycles. The minimum Gasteiger partial charge on any atom is -0.376 e. The summed E-state index contributed by atoms with van der Waals surface area (Å²) in [7, 11) is 0. The lowest BCUT2D eigenvalue weighted by Crippen LogP contribution is -2.36.